The zero-order valence-corrected chi connectivity index (χ0v) is 6.08. The van der Waals surface area contributed by atoms with Gasteiger partial charge in [0.05, 0.1) is 0 Å². The van der Waals surface area contributed by atoms with E-state index < -0.39 is 0 Å². The molecule has 0 saturated heterocycles. The number of hydrogen-bond donors (Lipinski definition) is 2. The topological polar surface area (TPSA) is 52.0 Å². The fourth-order valence-electron chi connectivity index (χ4n) is 0.511. The summed E-state index contributed by atoms with van der Waals surface area (Å²) in [6, 6.07) is 0.301. The maximum atomic E-state index is 5.59. The lowest BCUT2D eigenvalue weighted by Gasteiger charge is -2.05. The summed E-state index contributed by atoms with van der Waals surface area (Å²) >= 11 is 1.77. The van der Waals surface area contributed by atoms with Crippen molar-refractivity contribution < 1.29 is 0 Å². The molecule has 0 aromatic rings. The van der Waals surface area contributed by atoms with E-state index in [4.69, 9.17) is 11.5 Å². The van der Waals surface area contributed by atoms with Crippen LogP contribution in [0.2, 0.25) is 0 Å². The molecule has 4 N–H and O–H groups in total. The lowest BCUT2D eigenvalue weighted by molar-refractivity contribution is 0.685. The van der Waals surface area contributed by atoms with E-state index in [1.165, 1.54) is 0 Å². The lowest BCUT2D eigenvalue weighted by atomic mass is 10.2. The smallest absolute Gasteiger partial charge is 0.0142 e. The van der Waals surface area contributed by atoms with Crippen LogP contribution in [-0.4, -0.2) is 24.6 Å². The van der Waals surface area contributed by atoms with Crippen molar-refractivity contribution in [1.29, 1.82) is 0 Å². The van der Waals surface area contributed by atoms with Gasteiger partial charge in [-0.3, -0.25) is 0 Å². The molecule has 8 heavy (non-hydrogen) atoms. The highest BCUT2D eigenvalue weighted by Crippen LogP contribution is 1.96. The van der Waals surface area contributed by atoms with Crippen molar-refractivity contribution in [2.75, 3.05) is 18.6 Å². The molecule has 0 amide bonds. The highest BCUT2D eigenvalue weighted by atomic mass is 32.2. The molecule has 50 valence electrons. The highest BCUT2D eigenvalue weighted by Gasteiger charge is 1.96. The summed E-state index contributed by atoms with van der Waals surface area (Å²) in [5.74, 6) is 1.02. The van der Waals surface area contributed by atoms with E-state index in [0.717, 1.165) is 12.2 Å². The van der Waals surface area contributed by atoms with Gasteiger partial charge in [-0.2, -0.15) is 11.8 Å². The van der Waals surface area contributed by atoms with E-state index >= 15 is 0 Å². The van der Waals surface area contributed by atoms with Gasteiger partial charge >= 0.3 is 0 Å². The van der Waals surface area contributed by atoms with Gasteiger partial charge in [0.2, 0.25) is 0 Å². The summed E-state index contributed by atoms with van der Waals surface area (Å²) in [5, 5.41) is 0. The van der Waals surface area contributed by atoms with Crippen LogP contribution in [0.4, 0.5) is 0 Å². The Bertz CT molecular complexity index is 43.7. The molecule has 0 aliphatic rings. The molecule has 0 saturated carbocycles. The molecule has 0 heterocycles. The van der Waals surface area contributed by atoms with Gasteiger partial charge in [0.25, 0.3) is 0 Å². The van der Waals surface area contributed by atoms with Gasteiger partial charge in [-0.1, -0.05) is 0 Å². The molecular weight excluding hydrogens is 120 g/mol. The Morgan fingerprint density at radius 3 is 2.62 bits per heavy atom. The maximum absolute atomic E-state index is 5.59. The second-order valence-corrected chi connectivity index (χ2v) is 2.70. The Labute approximate surface area is 55.0 Å². The first-order valence-electron chi connectivity index (χ1n) is 2.76. The zero-order chi connectivity index (χ0) is 6.41. The van der Waals surface area contributed by atoms with Crippen molar-refractivity contribution in [3.8, 4) is 0 Å². The predicted octanol–water partition coefficient (Wildman–Crippen LogP) is 0.0255. The second kappa shape index (κ2) is 5.41. The molecule has 0 aliphatic carbocycles. The number of nitrogens with two attached hydrogens (primary N) is 2. The van der Waals surface area contributed by atoms with E-state index in [0.29, 0.717) is 12.6 Å². The molecule has 2 nitrogen and oxygen atoms in total. The Hall–Kier alpha value is 0.270. The van der Waals surface area contributed by atoms with Crippen LogP contribution in [0.1, 0.15) is 6.42 Å². The third-order valence-corrected chi connectivity index (χ3v) is 1.68. The van der Waals surface area contributed by atoms with Crippen LogP contribution in [-0.2, 0) is 0 Å². The summed E-state index contributed by atoms with van der Waals surface area (Å²) in [7, 11) is 0. The minimum absolute atomic E-state index is 0.301. The van der Waals surface area contributed by atoms with Crippen LogP contribution >= 0.6 is 11.8 Å². The van der Waals surface area contributed by atoms with Crippen molar-refractivity contribution in [2.24, 2.45) is 11.5 Å². The van der Waals surface area contributed by atoms with Gasteiger partial charge in [0.1, 0.15) is 0 Å². The summed E-state index contributed by atoms with van der Waals surface area (Å²) in [4.78, 5) is 0. The first kappa shape index (κ1) is 8.27. The normalized spacial score (nSPS) is 13.9. The minimum Gasteiger partial charge on any atom is -0.330 e. The van der Waals surface area contributed by atoms with E-state index in [1.54, 1.807) is 11.8 Å². The van der Waals surface area contributed by atoms with Gasteiger partial charge in [-0.05, 0) is 19.2 Å². The Morgan fingerprint density at radius 2 is 2.25 bits per heavy atom. The largest absolute Gasteiger partial charge is 0.330 e. The number of hydrogen-bond acceptors (Lipinski definition) is 3. The molecule has 0 spiro atoms. The van der Waals surface area contributed by atoms with Gasteiger partial charge in [-0.15, -0.1) is 0 Å². The Kier molecular flexibility index (Phi) is 5.59. The third-order valence-electron chi connectivity index (χ3n) is 0.918. The Balaban J connectivity index is 2.92. The van der Waals surface area contributed by atoms with Crippen LogP contribution < -0.4 is 11.5 Å². The fourth-order valence-corrected chi connectivity index (χ4v) is 1.11. The van der Waals surface area contributed by atoms with Crippen LogP contribution in [0.15, 0.2) is 0 Å². The van der Waals surface area contributed by atoms with Gasteiger partial charge in [-0.25, -0.2) is 0 Å². The number of rotatable bonds is 4. The molecule has 0 bridgehead atoms. The SMILES string of the molecule is CSCC(N)CCN. The van der Waals surface area contributed by atoms with Crippen LogP contribution in [0, 0.1) is 0 Å². The van der Waals surface area contributed by atoms with E-state index in [2.05, 4.69) is 6.26 Å². The molecule has 0 rings (SSSR count). The molecule has 0 fully saturated rings. The summed E-state index contributed by atoms with van der Waals surface area (Å²) in [5.41, 5.74) is 10.9. The fraction of sp³-hybridized carbons (Fsp3) is 1.00. The molecule has 0 aromatic carbocycles. The zero-order valence-electron chi connectivity index (χ0n) is 5.26. The standard InChI is InChI=1S/C5H14N2S/c1-8-4-5(7)2-3-6/h5H,2-4,6-7H2,1H3. The average molecular weight is 134 g/mol. The van der Waals surface area contributed by atoms with Crippen molar-refractivity contribution in [3.63, 3.8) is 0 Å². The molecule has 0 radical (unpaired) electrons. The molecule has 1 unspecified atom stereocenters. The van der Waals surface area contributed by atoms with E-state index in [-0.39, 0.29) is 0 Å². The van der Waals surface area contributed by atoms with Crippen molar-refractivity contribution >= 4 is 11.8 Å². The first-order chi connectivity index (χ1) is 3.81. The van der Waals surface area contributed by atoms with Crippen molar-refractivity contribution in [3.05, 3.63) is 0 Å². The van der Waals surface area contributed by atoms with E-state index in [9.17, 15) is 0 Å². The quantitative estimate of drug-likeness (QED) is 0.570. The monoisotopic (exact) mass is 134 g/mol. The lowest BCUT2D eigenvalue weighted by Crippen LogP contribution is -2.25. The molecule has 3 heteroatoms. The highest BCUT2D eigenvalue weighted by molar-refractivity contribution is 7.98. The van der Waals surface area contributed by atoms with Gasteiger partial charge in [0, 0.05) is 11.8 Å². The van der Waals surface area contributed by atoms with Crippen molar-refractivity contribution in [2.45, 2.75) is 12.5 Å². The molecular formula is C5H14N2S. The summed E-state index contributed by atoms with van der Waals surface area (Å²) < 4.78 is 0. The first-order valence-corrected chi connectivity index (χ1v) is 4.15. The van der Waals surface area contributed by atoms with Gasteiger partial charge in [0.15, 0.2) is 0 Å². The average Bonchev–Trinajstić information content (AvgIpc) is 1.68. The predicted molar refractivity (Wildman–Crippen MR) is 40.0 cm³/mol. The number of thioether (sulfide) groups is 1. The van der Waals surface area contributed by atoms with Crippen LogP contribution in [0.25, 0.3) is 0 Å². The van der Waals surface area contributed by atoms with E-state index in [1.807, 2.05) is 0 Å². The molecule has 0 aromatic heterocycles. The third kappa shape index (κ3) is 4.43. The van der Waals surface area contributed by atoms with Gasteiger partial charge < -0.3 is 11.5 Å². The Morgan fingerprint density at radius 1 is 1.62 bits per heavy atom. The molecule has 1 atom stereocenters. The van der Waals surface area contributed by atoms with Crippen LogP contribution in [0.3, 0.4) is 0 Å². The molecule has 0 aliphatic heterocycles. The van der Waals surface area contributed by atoms with Crippen LogP contribution in [0.5, 0.6) is 0 Å². The minimum atomic E-state index is 0.301. The summed E-state index contributed by atoms with van der Waals surface area (Å²) in [6.45, 7) is 0.710. The second-order valence-electron chi connectivity index (χ2n) is 1.79. The maximum Gasteiger partial charge on any atom is 0.0142 e. The van der Waals surface area contributed by atoms with Crippen molar-refractivity contribution in [1.82, 2.24) is 0 Å². The summed E-state index contributed by atoms with van der Waals surface area (Å²) in [6.07, 6.45) is 3.00.